The standard InChI is InChI=1S/C7H11F3O/c8-7(9,10)4-3-6-2-1-5-11-6/h6H,1-5H2. The molecule has 0 amide bonds. The van der Waals surface area contributed by atoms with Crippen molar-refractivity contribution in [2.75, 3.05) is 6.61 Å². The summed E-state index contributed by atoms with van der Waals surface area (Å²) in [5, 5.41) is 0. The van der Waals surface area contributed by atoms with Crippen molar-refractivity contribution in [2.24, 2.45) is 0 Å². The van der Waals surface area contributed by atoms with E-state index in [1.165, 1.54) is 0 Å². The lowest BCUT2D eigenvalue weighted by Gasteiger charge is -2.10. The molecule has 0 aromatic rings. The highest BCUT2D eigenvalue weighted by Gasteiger charge is 2.29. The Kier molecular flexibility index (Phi) is 2.76. The fourth-order valence-electron chi connectivity index (χ4n) is 1.20. The third kappa shape index (κ3) is 3.60. The molecule has 1 unspecified atom stereocenters. The van der Waals surface area contributed by atoms with Crippen LogP contribution in [0.4, 0.5) is 13.2 Å². The second kappa shape index (κ2) is 3.43. The molecule has 1 heterocycles. The predicted octanol–water partition coefficient (Wildman–Crippen LogP) is 2.51. The summed E-state index contributed by atoms with van der Waals surface area (Å²) in [4.78, 5) is 0. The summed E-state index contributed by atoms with van der Waals surface area (Å²) >= 11 is 0. The minimum Gasteiger partial charge on any atom is -0.378 e. The van der Waals surface area contributed by atoms with E-state index < -0.39 is 12.6 Å². The van der Waals surface area contributed by atoms with Gasteiger partial charge in [-0.3, -0.25) is 0 Å². The van der Waals surface area contributed by atoms with Crippen LogP contribution in [0.1, 0.15) is 25.7 Å². The Bertz CT molecular complexity index is 115. The molecule has 1 saturated heterocycles. The van der Waals surface area contributed by atoms with Crippen LogP contribution >= 0.6 is 0 Å². The Labute approximate surface area is 63.5 Å². The molecular weight excluding hydrogens is 157 g/mol. The average Bonchev–Trinajstić information content (AvgIpc) is 2.32. The molecule has 0 radical (unpaired) electrons. The maximum atomic E-state index is 11.7. The molecule has 0 N–H and O–H groups in total. The monoisotopic (exact) mass is 168 g/mol. The van der Waals surface area contributed by atoms with Crippen LogP contribution in [0.25, 0.3) is 0 Å². The van der Waals surface area contributed by atoms with E-state index in [2.05, 4.69) is 0 Å². The SMILES string of the molecule is FC(F)(F)CCC1CCCO1. The zero-order valence-corrected chi connectivity index (χ0v) is 6.16. The smallest absolute Gasteiger partial charge is 0.378 e. The maximum Gasteiger partial charge on any atom is 0.389 e. The van der Waals surface area contributed by atoms with Crippen LogP contribution in [-0.4, -0.2) is 18.9 Å². The highest BCUT2D eigenvalue weighted by Crippen LogP contribution is 2.26. The van der Waals surface area contributed by atoms with Gasteiger partial charge in [0.2, 0.25) is 0 Å². The van der Waals surface area contributed by atoms with Gasteiger partial charge in [0.1, 0.15) is 0 Å². The quantitative estimate of drug-likeness (QED) is 0.615. The Balaban J connectivity index is 2.11. The van der Waals surface area contributed by atoms with E-state index in [0.717, 1.165) is 12.8 Å². The first-order valence-corrected chi connectivity index (χ1v) is 3.76. The van der Waals surface area contributed by atoms with Crippen molar-refractivity contribution in [1.29, 1.82) is 0 Å². The summed E-state index contributed by atoms with van der Waals surface area (Å²) in [6.07, 6.45) is -3.05. The predicted molar refractivity (Wildman–Crippen MR) is 34.3 cm³/mol. The molecule has 0 saturated carbocycles. The van der Waals surface area contributed by atoms with Crippen LogP contribution < -0.4 is 0 Å². The van der Waals surface area contributed by atoms with E-state index >= 15 is 0 Å². The van der Waals surface area contributed by atoms with Gasteiger partial charge in [-0.1, -0.05) is 0 Å². The molecule has 4 heteroatoms. The number of rotatable bonds is 2. The van der Waals surface area contributed by atoms with Gasteiger partial charge in [0.05, 0.1) is 6.10 Å². The molecule has 0 bridgehead atoms. The molecule has 1 atom stereocenters. The summed E-state index contributed by atoms with van der Waals surface area (Å²) in [7, 11) is 0. The zero-order valence-electron chi connectivity index (χ0n) is 6.16. The molecule has 1 fully saturated rings. The van der Waals surface area contributed by atoms with E-state index in [4.69, 9.17) is 4.74 Å². The van der Waals surface area contributed by atoms with Crippen LogP contribution in [0, 0.1) is 0 Å². The van der Waals surface area contributed by atoms with E-state index in [9.17, 15) is 13.2 Å². The Morgan fingerprint density at radius 3 is 2.55 bits per heavy atom. The van der Waals surface area contributed by atoms with Crippen LogP contribution in [0.5, 0.6) is 0 Å². The first-order valence-electron chi connectivity index (χ1n) is 3.76. The van der Waals surface area contributed by atoms with Crippen LogP contribution in [0.3, 0.4) is 0 Å². The molecule has 1 nitrogen and oxygen atoms in total. The van der Waals surface area contributed by atoms with E-state index in [1.807, 2.05) is 0 Å². The first kappa shape index (κ1) is 8.84. The normalized spacial score (nSPS) is 25.9. The van der Waals surface area contributed by atoms with Gasteiger partial charge in [0.25, 0.3) is 0 Å². The Hall–Kier alpha value is -0.250. The number of hydrogen-bond acceptors (Lipinski definition) is 1. The molecule has 11 heavy (non-hydrogen) atoms. The van der Waals surface area contributed by atoms with Gasteiger partial charge in [0, 0.05) is 13.0 Å². The summed E-state index contributed by atoms with van der Waals surface area (Å²) in [5.41, 5.74) is 0. The van der Waals surface area contributed by atoms with Gasteiger partial charge >= 0.3 is 6.18 Å². The zero-order chi connectivity index (χ0) is 8.32. The lowest BCUT2D eigenvalue weighted by Crippen LogP contribution is -2.13. The van der Waals surface area contributed by atoms with Gasteiger partial charge in [-0.2, -0.15) is 13.2 Å². The highest BCUT2D eigenvalue weighted by molar-refractivity contribution is 4.66. The summed E-state index contributed by atoms with van der Waals surface area (Å²) in [5.74, 6) is 0. The number of hydrogen-bond donors (Lipinski definition) is 0. The third-order valence-electron chi connectivity index (χ3n) is 1.77. The van der Waals surface area contributed by atoms with Gasteiger partial charge in [-0.15, -0.1) is 0 Å². The Morgan fingerprint density at radius 2 is 2.09 bits per heavy atom. The first-order chi connectivity index (χ1) is 5.08. The summed E-state index contributed by atoms with van der Waals surface area (Å²) in [6.45, 7) is 0.628. The lowest BCUT2D eigenvalue weighted by molar-refractivity contribution is -0.140. The second-order valence-corrected chi connectivity index (χ2v) is 2.79. The minimum absolute atomic E-state index is 0.128. The van der Waals surface area contributed by atoms with Crippen molar-refractivity contribution < 1.29 is 17.9 Å². The molecule has 0 aromatic heterocycles. The van der Waals surface area contributed by atoms with Gasteiger partial charge < -0.3 is 4.74 Å². The molecular formula is C7H11F3O. The minimum atomic E-state index is -4.02. The fourth-order valence-corrected chi connectivity index (χ4v) is 1.20. The van der Waals surface area contributed by atoms with Crippen molar-refractivity contribution >= 4 is 0 Å². The molecule has 0 spiro atoms. The van der Waals surface area contributed by atoms with E-state index in [1.54, 1.807) is 0 Å². The van der Waals surface area contributed by atoms with Crippen molar-refractivity contribution in [2.45, 2.75) is 38.0 Å². The van der Waals surface area contributed by atoms with Gasteiger partial charge in [0.15, 0.2) is 0 Å². The summed E-state index contributed by atoms with van der Waals surface area (Å²) < 4.78 is 40.0. The molecule has 1 aliphatic rings. The van der Waals surface area contributed by atoms with Crippen molar-refractivity contribution in [3.8, 4) is 0 Å². The largest absolute Gasteiger partial charge is 0.389 e. The van der Waals surface area contributed by atoms with Crippen molar-refractivity contribution in [3.05, 3.63) is 0 Å². The maximum absolute atomic E-state index is 11.7. The van der Waals surface area contributed by atoms with Crippen molar-refractivity contribution in [3.63, 3.8) is 0 Å². The summed E-state index contributed by atoms with van der Waals surface area (Å²) in [6, 6.07) is 0. The molecule has 0 aromatic carbocycles. The third-order valence-corrected chi connectivity index (χ3v) is 1.77. The van der Waals surface area contributed by atoms with Gasteiger partial charge in [-0.25, -0.2) is 0 Å². The number of halogens is 3. The molecule has 1 aliphatic heterocycles. The van der Waals surface area contributed by atoms with Gasteiger partial charge in [-0.05, 0) is 19.3 Å². The van der Waals surface area contributed by atoms with E-state index in [-0.39, 0.29) is 12.5 Å². The Morgan fingerprint density at radius 1 is 1.36 bits per heavy atom. The van der Waals surface area contributed by atoms with Crippen LogP contribution in [0.2, 0.25) is 0 Å². The molecule has 0 aliphatic carbocycles. The fraction of sp³-hybridized carbons (Fsp3) is 1.00. The van der Waals surface area contributed by atoms with Crippen LogP contribution in [0.15, 0.2) is 0 Å². The van der Waals surface area contributed by atoms with Crippen molar-refractivity contribution in [1.82, 2.24) is 0 Å². The topological polar surface area (TPSA) is 9.23 Å². The molecule has 66 valence electrons. The van der Waals surface area contributed by atoms with E-state index in [0.29, 0.717) is 6.61 Å². The van der Waals surface area contributed by atoms with Crippen LogP contribution in [-0.2, 0) is 4.74 Å². The number of ether oxygens (including phenoxy) is 1. The molecule has 1 rings (SSSR count). The number of alkyl halides is 3. The second-order valence-electron chi connectivity index (χ2n) is 2.79. The highest BCUT2D eigenvalue weighted by atomic mass is 19.4. The lowest BCUT2D eigenvalue weighted by atomic mass is 10.1. The average molecular weight is 168 g/mol.